The molecule has 1 aromatic carbocycles. The molecular formula is C18H23N3O4. The number of carbonyl (C=O) groups excluding carboxylic acids is 2. The molecule has 2 aliphatic rings. The lowest BCUT2D eigenvalue weighted by atomic mass is 9.94. The number of amides is 2. The fourth-order valence-corrected chi connectivity index (χ4v) is 3.41. The minimum absolute atomic E-state index is 0.0278. The number of nitrogens with zero attached hydrogens (tertiary/aromatic N) is 1. The van der Waals surface area contributed by atoms with Crippen LogP contribution in [0.4, 0.5) is 5.69 Å². The van der Waals surface area contributed by atoms with Gasteiger partial charge in [-0.05, 0) is 49.5 Å². The molecule has 0 aliphatic carbocycles. The van der Waals surface area contributed by atoms with Crippen LogP contribution in [0.25, 0.3) is 0 Å². The zero-order chi connectivity index (χ0) is 17.8. The summed E-state index contributed by atoms with van der Waals surface area (Å²) in [5.74, 6) is -0.718. The first-order valence-corrected chi connectivity index (χ1v) is 8.67. The summed E-state index contributed by atoms with van der Waals surface area (Å²) in [5.41, 5.74) is 2.03. The molecule has 0 atom stereocenters. The van der Waals surface area contributed by atoms with Crippen molar-refractivity contribution in [2.24, 2.45) is 5.92 Å². The van der Waals surface area contributed by atoms with E-state index in [-0.39, 0.29) is 24.8 Å². The van der Waals surface area contributed by atoms with E-state index in [0.29, 0.717) is 30.1 Å². The minimum Gasteiger partial charge on any atom is -0.481 e. The molecule has 25 heavy (non-hydrogen) atoms. The van der Waals surface area contributed by atoms with Crippen LogP contribution in [0.5, 0.6) is 0 Å². The van der Waals surface area contributed by atoms with Crippen LogP contribution in [0, 0.1) is 5.92 Å². The highest BCUT2D eigenvalue weighted by atomic mass is 16.4. The zero-order valence-electron chi connectivity index (χ0n) is 14.1. The second-order valence-electron chi connectivity index (χ2n) is 6.69. The van der Waals surface area contributed by atoms with E-state index in [1.807, 2.05) is 6.07 Å². The number of aliphatic carboxylic acids is 1. The monoisotopic (exact) mass is 345 g/mol. The van der Waals surface area contributed by atoms with Gasteiger partial charge in [0, 0.05) is 30.8 Å². The molecule has 0 saturated carbocycles. The molecule has 1 aromatic rings. The quantitative estimate of drug-likeness (QED) is 0.725. The summed E-state index contributed by atoms with van der Waals surface area (Å²) in [6.45, 7) is 2.53. The topological polar surface area (TPSA) is 98.7 Å². The second-order valence-corrected chi connectivity index (χ2v) is 6.69. The molecule has 0 spiro atoms. The van der Waals surface area contributed by atoms with Gasteiger partial charge in [-0.1, -0.05) is 6.07 Å². The Bertz CT molecular complexity index is 683. The molecule has 7 heteroatoms. The van der Waals surface area contributed by atoms with Crippen LogP contribution < -0.4 is 10.6 Å². The zero-order valence-corrected chi connectivity index (χ0v) is 14.1. The van der Waals surface area contributed by atoms with Gasteiger partial charge < -0.3 is 20.6 Å². The van der Waals surface area contributed by atoms with E-state index in [1.54, 1.807) is 12.1 Å². The lowest BCUT2D eigenvalue weighted by Gasteiger charge is -2.21. The van der Waals surface area contributed by atoms with Crippen LogP contribution in [0.15, 0.2) is 18.2 Å². The first kappa shape index (κ1) is 17.4. The average Bonchev–Trinajstić information content (AvgIpc) is 2.90. The number of rotatable bonds is 6. The highest BCUT2D eigenvalue weighted by molar-refractivity contribution is 6.00. The molecule has 1 saturated heterocycles. The molecule has 0 aromatic heterocycles. The van der Waals surface area contributed by atoms with E-state index in [2.05, 4.69) is 10.6 Å². The SMILES string of the molecule is O=C(O)CCN1Cc2ccc(NC(=O)CC3CCNCC3)cc2C1=O. The third-order valence-electron chi connectivity index (χ3n) is 4.80. The van der Waals surface area contributed by atoms with Crippen molar-refractivity contribution in [2.75, 3.05) is 25.0 Å². The van der Waals surface area contributed by atoms with Gasteiger partial charge in [0.2, 0.25) is 5.91 Å². The molecule has 0 bridgehead atoms. The van der Waals surface area contributed by atoms with Gasteiger partial charge in [0.1, 0.15) is 0 Å². The summed E-state index contributed by atoms with van der Waals surface area (Å²) < 4.78 is 0. The summed E-state index contributed by atoms with van der Waals surface area (Å²) >= 11 is 0. The van der Waals surface area contributed by atoms with Gasteiger partial charge in [0.05, 0.1) is 6.42 Å². The molecule has 1 fully saturated rings. The smallest absolute Gasteiger partial charge is 0.305 e. The van der Waals surface area contributed by atoms with Crippen molar-refractivity contribution >= 4 is 23.5 Å². The van der Waals surface area contributed by atoms with E-state index < -0.39 is 5.97 Å². The number of nitrogens with one attached hydrogen (secondary N) is 2. The Hall–Kier alpha value is -2.41. The van der Waals surface area contributed by atoms with Gasteiger partial charge >= 0.3 is 5.97 Å². The lowest BCUT2D eigenvalue weighted by Crippen LogP contribution is -2.30. The maximum absolute atomic E-state index is 12.4. The summed E-state index contributed by atoms with van der Waals surface area (Å²) in [4.78, 5) is 36.8. The van der Waals surface area contributed by atoms with Crippen molar-refractivity contribution in [1.29, 1.82) is 0 Å². The number of piperidine rings is 1. The number of hydrogen-bond donors (Lipinski definition) is 3. The molecule has 2 amide bonds. The molecule has 2 heterocycles. The normalized spacial score (nSPS) is 17.4. The number of carboxylic acid groups (broad SMARTS) is 1. The fourth-order valence-electron chi connectivity index (χ4n) is 3.41. The number of carbonyl (C=O) groups is 3. The van der Waals surface area contributed by atoms with Crippen molar-refractivity contribution in [2.45, 2.75) is 32.2 Å². The van der Waals surface area contributed by atoms with Crippen LogP contribution in [0.3, 0.4) is 0 Å². The third kappa shape index (κ3) is 4.36. The van der Waals surface area contributed by atoms with Crippen LogP contribution in [-0.4, -0.2) is 47.4 Å². The maximum Gasteiger partial charge on any atom is 0.305 e. The summed E-state index contributed by atoms with van der Waals surface area (Å²) in [6.07, 6.45) is 2.44. The predicted octanol–water partition coefficient (Wildman–Crippen LogP) is 1.45. The van der Waals surface area contributed by atoms with Crippen molar-refractivity contribution in [3.8, 4) is 0 Å². The standard InChI is InChI=1S/C18H23N3O4/c22-16(9-12-3-6-19-7-4-12)20-14-2-1-13-11-21(8-5-17(23)24)18(25)15(13)10-14/h1-2,10,12,19H,3-9,11H2,(H,20,22)(H,23,24). The summed E-state index contributed by atoms with van der Waals surface area (Å²) in [5, 5.41) is 14.9. The molecule has 0 radical (unpaired) electrons. The number of hydrogen-bond acceptors (Lipinski definition) is 4. The van der Waals surface area contributed by atoms with Gasteiger partial charge in [-0.3, -0.25) is 14.4 Å². The highest BCUT2D eigenvalue weighted by Gasteiger charge is 2.28. The minimum atomic E-state index is -0.922. The Morgan fingerprint density at radius 2 is 2.04 bits per heavy atom. The number of fused-ring (bicyclic) bond motifs is 1. The van der Waals surface area contributed by atoms with Crippen molar-refractivity contribution in [3.63, 3.8) is 0 Å². The molecular weight excluding hydrogens is 322 g/mol. The van der Waals surface area contributed by atoms with Crippen LogP contribution >= 0.6 is 0 Å². The first-order chi connectivity index (χ1) is 12.0. The number of benzene rings is 1. The van der Waals surface area contributed by atoms with E-state index in [4.69, 9.17) is 5.11 Å². The largest absolute Gasteiger partial charge is 0.481 e. The number of carboxylic acids is 1. The summed E-state index contributed by atoms with van der Waals surface area (Å²) in [6, 6.07) is 5.32. The van der Waals surface area contributed by atoms with Gasteiger partial charge in [0.15, 0.2) is 0 Å². The first-order valence-electron chi connectivity index (χ1n) is 8.67. The molecule has 0 unspecified atom stereocenters. The fraction of sp³-hybridized carbons (Fsp3) is 0.500. The Kier molecular flexibility index (Phi) is 5.33. The van der Waals surface area contributed by atoms with Crippen molar-refractivity contribution in [3.05, 3.63) is 29.3 Å². The van der Waals surface area contributed by atoms with Gasteiger partial charge in [-0.25, -0.2) is 0 Å². The van der Waals surface area contributed by atoms with Gasteiger partial charge in [0.25, 0.3) is 5.91 Å². The van der Waals surface area contributed by atoms with E-state index in [1.165, 1.54) is 4.90 Å². The average molecular weight is 345 g/mol. The predicted molar refractivity (Wildman–Crippen MR) is 92.3 cm³/mol. The second kappa shape index (κ2) is 7.65. The highest BCUT2D eigenvalue weighted by Crippen LogP contribution is 2.26. The Morgan fingerprint density at radius 1 is 1.28 bits per heavy atom. The van der Waals surface area contributed by atoms with Gasteiger partial charge in [-0.15, -0.1) is 0 Å². The van der Waals surface area contributed by atoms with Crippen LogP contribution in [0.1, 0.15) is 41.6 Å². The lowest BCUT2D eigenvalue weighted by molar-refractivity contribution is -0.137. The van der Waals surface area contributed by atoms with Crippen molar-refractivity contribution in [1.82, 2.24) is 10.2 Å². The number of anilines is 1. The van der Waals surface area contributed by atoms with E-state index >= 15 is 0 Å². The molecule has 2 aliphatic heterocycles. The van der Waals surface area contributed by atoms with Crippen LogP contribution in [-0.2, 0) is 16.1 Å². The van der Waals surface area contributed by atoms with E-state index in [0.717, 1.165) is 31.5 Å². The third-order valence-corrected chi connectivity index (χ3v) is 4.80. The molecule has 134 valence electrons. The van der Waals surface area contributed by atoms with E-state index in [9.17, 15) is 14.4 Å². The Labute approximate surface area is 146 Å². The van der Waals surface area contributed by atoms with Gasteiger partial charge in [-0.2, -0.15) is 0 Å². The van der Waals surface area contributed by atoms with Crippen molar-refractivity contribution < 1.29 is 19.5 Å². The summed E-state index contributed by atoms with van der Waals surface area (Å²) in [7, 11) is 0. The van der Waals surface area contributed by atoms with Crippen LogP contribution in [0.2, 0.25) is 0 Å². The Morgan fingerprint density at radius 3 is 2.76 bits per heavy atom. The molecule has 7 nitrogen and oxygen atoms in total. The molecule has 3 N–H and O–H groups in total. The molecule has 3 rings (SSSR count). The Balaban J connectivity index is 1.59. The maximum atomic E-state index is 12.4.